The maximum atomic E-state index is 13.6. The van der Waals surface area contributed by atoms with Crippen molar-refractivity contribution in [2.75, 3.05) is 22.9 Å². The number of carbonyl (C=O) groups is 2. The second-order valence-corrected chi connectivity index (χ2v) is 11.6. The van der Waals surface area contributed by atoms with Crippen LogP contribution in [0.2, 0.25) is 0 Å². The number of aryl methyl sites for hydroxylation is 2. The summed E-state index contributed by atoms with van der Waals surface area (Å²) >= 11 is 0. The van der Waals surface area contributed by atoms with Crippen LogP contribution < -0.4 is 9.80 Å². The van der Waals surface area contributed by atoms with E-state index < -0.39 is 17.7 Å². The van der Waals surface area contributed by atoms with Gasteiger partial charge in [-0.1, -0.05) is 62.7 Å². The van der Waals surface area contributed by atoms with Crippen molar-refractivity contribution in [1.82, 2.24) is 0 Å². The second-order valence-electron chi connectivity index (χ2n) is 11.6. The number of rotatable bonds is 4. The molecule has 5 heteroatoms. The maximum absolute atomic E-state index is 13.6. The highest BCUT2D eigenvalue weighted by atomic mass is 16.3. The lowest BCUT2D eigenvalue weighted by atomic mass is 9.84. The number of benzene rings is 3. The highest BCUT2D eigenvalue weighted by molar-refractivity contribution is 6.51. The molecule has 2 aliphatic heterocycles. The lowest BCUT2D eigenvalue weighted by Gasteiger charge is -2.27. The number of anilines is 2. The average molecular weight is 509 g/mol. The number of aliphatic hydroxyl groups excluding tert-OH is 1. The van der Waals surface area contributed by atoms with Gasteiger partial charge < -0.3 is 10.0 Å². The third-order valence-corrected chi connectivity index (χ3v) is 7.76. The van der Waals surface area contributed by atoms with Crippen molar-refractivity contribution in [3.63, 3.8) is 0 Å². The molecule has 3 aromatic carbocycles. The van der Waals surface area contributed by atoms with E-state index in [1.165, 1.54) is 12.8 Å². The molecule has 0 bridgehead atoms. The monoisotopic (exact) mass is 508 g/mol. The standard InChI is InChI=1S/C33H36N2O3/c1-21-9-8-10-23(19-21)29-28(30(36)27-20-24(33(3,4)5)12-11-22(27)2)31(37)32(38)35(29)26-15-13-25(14-16-26)34-17-6-7-18-34/h8-16,19-20,29,36H,6-7,17-18H2,1-5H3/b30-28+. The molecule has 5 nitrogen and oxygen atoms in total. The van der Waals surface area contributed by atoms with Gasteiger partial charge in [-0.15, -0.1) is 0 Å². The van der Waals surface area contributed by atoms with Crippen molar-refractivity contribution in [2.45, 2.75) is 58.9 Å². The summed E-state index contributed by atoms with van der Waals surface area (Å²) < 4.78 is 0. The molecule has 2 fully saturated rings. The number of Topliss-reactive ketones (excluding diaryl/α,β-unsaturated/α-hetero) is 1. The van der Waals surface area contributed by atoms with Crippen LogP contribution in [0.1, 0.15) is 67.5 Å². The maximum Gasteiger partial charge on any atom is 0.300 e. The molecule has 1 amide bonds. The van der Waals surface area contributed by atoms with Crippen molar-refractivity contribution in [3.8, 4) is 0 Å². The van der Waals surface area contributed by atoms with Crippen molar-refractivity contribution in [1.29, 1.82) is 0 Å². The Kier molecular flexibility index (Phi) is 6.64. The van der Waals surface area contributed by atoms with Gasteiger partial charge in [-0.3, -0.25) is 14.5 Å². The van der Waals surface area contributed by atoms with Gasteiger partial charge >= 0.3 is 0 Å². The fourth-order valence-electron chi connectivity index (χ4n) is 5.54. The third-order valence-electron chi connectivity index (χ3n) is 7.76. The number of aliphatic hydroxyl groups is 1. The zero-order valence-electron chi connectivity index (χ0n) is 22.9. The Morgan fingerprint density at radius 2 is 1.53 bits per heavy atom. The molecule has 196 valence electrons. The summed E-state index contributed by atoms with van der Waals surface area (Å²) in [5.41, 5.74) is 6.02. The molecule has 38 heavy (non-hydrogen) atoms. The zero-order valence-corrected chi connectivity index (χ0v) is 22.9. The number of hydrogen-bond donors (Lipinski definition) is 1. The molecule has 1 N–H and O–H groups in total. The van der Waals surface area contributed by atoms with Gasteiger partial charge in [0.25, 0.3) is 11.7 Å². The summed E-state index contributed by atoms with van der Waals surface area (Å²) in [4.78, 5) is 31.1. The van der Waals surface area contributed by atoms with Crippen molar-refractivity contribution in [2.24, 2.45) is 0 Å². The fourth-order valence-corrected chi connectivity index (χ4v) is 5.54. The van der Waals surface area contributed by atoms with E-state index in [9.17, 15) is 14.7 Å². The molecule has 2 heterocycles. The Morgan fingerprint density at radius 3 is 2.16 bits per heavy atom. The van der Waals surface area contributed by atoms with Crippen LogP contribution in [-0.4, -0.2) is 29.9 Å². The minimum absolute atomic E-state index is 0.123. The number of nitrogens with zero attached hydrogens (tertiary/aromatic N) is 2. The van der Waals surface area contributed by atoms with E-state index in [0.29, 0.717) is 11.3 Å². The molecule has 0 aliphatic carbocycles. The summed E-state index contributed by atoms with van der Waals surface area (Å²) in [5, 5.41) is 11.7. The Morgan fingerprint density at radius 1 is 0.868 bits per heavy atom. The summed E-state index contributed by atoms with van der Waals surface area (Å²) in [7, 11) is 0. The predicted octanol–water partition coefficient (Wildman–Crippen LogP) is 6.83. The van der Waals surface area contributed by atoms with Crippen molar-refractivity contribution in [3.05, 3.63) is 100 Å². The Labute approximate surface area is 225 Å². The van der Waals surface area contributed by atoms with Gasteiger partial charge in [-0.05, 0) is 79.1 Å². The smallest absolute Gasteiger partial charge is 0.300 e. The van der Waals surface area contributed by atoms with Crippen LogP contribution in [0.15, 0.2) is 72.3 Å². The van der Waals surface area contributed by atoms with E-state index in [4.69, 9.17) is 0 Å². The van der Waals surface area contributed by atoms with Crippen molar-refractivity contribution < 1.29 is 14.7 Å². The summed E-state index contributed by atoms with van der Waals surface area (Å²) in [5.74, 6) is -1.43. The van der Waals surface area contributed by atoms with Crippen LogP contribution in [0.25, 0.3) is 5.76 Å². The van der Waals surface area contributed by atoms with Gasteiger partial charge in [0.1, 0.15) is 5.76 Å². The topological polar surface area (TPSA) is 60.9 Å². The first-order valence-electron chi connectivity index (χ1n) is 13.4. The molecule has 3 aromatic rings. The average Bonchev–Trinajstić information content (AvgIpc) is 3.51. The molecular weight excluding hydrogens is 472 g/mol. The van der Waals surface area contributed by atoms with Crippen LogP contribution in [0.3, 0.4) is 0 Å². The Balaban J connectivity index is 1.67. The minimum Gasteiger partial charge on any atom is -0.507 e. The van der Waals surface area contributed by atoms with Crippen LogP contribution in [0.5, 0.6) is 0 Å². The Hall–Kier alpha value is -3.86. The largest absolute Gasteiger partial charge is 0.507 e. The molecule has 1 atom stereocenters. The molecule has 2 aliphatic rings. The number of hydrogen-bond acceptors (Lipinski definition) is 4. The quantitative estimate of drug-likeness (QED) is 0.238. The van der Waals surface area contributed by atoms with E-state index in [1.54, 1.807) is 4.90 Å². The van der Waals surface area contributed by atoms with E-state index >= 15 is 0 Å². The van der Waals surface area contributed by atoms with E-state index in [0.717, 1.165) is 41.0 Å². The van der Waals surface area contributed by atoms with E-state index in [-0.39, 0.29) is 16.7 Å². The second kappa shape index (κ2) is 9.79. The minimum atomic E-state index is -0.731. The van der Waals surface area contributed by atoms with Crippen LogP contribution >= 0.6 is 0 Å². The first kappa shape index (κ1) is 25.8. The summed E-state index contributed by atoms with van der Waals surface area (Å²) in [6, 6.07) is 20.9. The van der Waals surface area contributed by atoms with Crippen LogP contribution in [0.4, 0.5) is 11.4 Å². The highest BCUT2D eigenvalue weighted by Crippen LogP contribution is 2.43. The molecule has 0 saturated carbocycles. The van der Waals surface area contributed by atoms with Gasteiger partial charge in [0, 0.05) is 30.0 Å². The van der Waals surface area contributed by atoms with Crippen LogP contribution in [0, 0.1) is 13.8 Å². The number of carbonyl (C=O) groups excluding carboxylic acids is 2. The molecule has 0 aromatic heterocycles. The number of amides is 1. The van der Waals surface area contributed by atoms with Crippen molar-refractivity contribution >= 4 is 28.8 Å². The molecule has 2 saturated heterocycles. The Bertz CT molecular complexity index is 1420. The van der Waals surface area contributed by atoms with Gasteiger partial charge in [-0.2, -0.15) is 0 Å². The lowest BCUT2D eigenvalue weighted by Crippen LogP contribution is -2.29. The normalized spacial score (nSPS) is 19.4. The van der Waals surface area contributed by atoms with Gasteiger partial charge in [0.05, 0.1) is 11.6 Å². The van der Waals surface area contributed by atoms with E-state index in [1.807, 2.05) is 80.6 Å². The summed E-state index contributed by atoms with van der Waals surface area (Å²) in [6.07, 6.45) is 2.36. The van der Waals surface area contributed by atoms with Gasteiger partial charge in [0.15, 0.2) is 0 Å². The highest BCUT2D eigenvalue weighted by Gasteiger charge is 2.47. The van der Waals surface area contributed by atoms with Crippen LogP contribution in [-0.2, 0) is 15.0 Å². The molecular formula is C33H36N2O3. The van der Waals surface area contributed by atoms with Gasteiger partial charge in [0.2, 0.25) is 0 Å². The summed E-state index contributed by atoms with van der Waals surface area (Å²) in [6.45, 7) is 12.3. The molecule has 1 unspecified atom stereocenters. The first-order valence-corrected chi connectivity index (χ1v) is 13.4. The predicted molar refractivity (Wildman–Crippen MR) is 154 cm³/mol. The fraction of sp³-hybridized carbons (Fsp3) is 0.333. The SMILES string of the molecule is Cc1cccc(C2/C(=C(\O)c3cc(C(C)(C)C)ccc3C)C(=O)C(=O)N2c2ccc(N3CCCC3)cc2)c1. The molecule has 0 radical (unpaired) electrons. The third kappa shape index (κ3) is 4.62. The van der Waals surface area contributed by atoms with E-state index in [2.05, 4.69) is 25.7 Å². The van der Waals surface area contributed by atoms with Gasteiger partial charge in [-0.25, -0.2) is 0 Å². The number of ketones is 1. The zero-order chi connectivity index (χ0) is 27.2. The first-order chi connectivity index (χ1) is 18.1. The molecule has 5 rings (SSSR count). The lowest BCUT2D eigenvalue weighted by molar-refractivity contribution is -0.132. The molecule has 0 spiro atoms.